The Morgan fingerprint density at radius 3 is 2.29 bits per heavy atom. The molecule has 0 aliphatic rings. The molecule has 82 valence electrons. The Bertz CT molecular complexity index is 233. The molecule has 0 heterocycles. The van der Waals surface area contributed by atoms with Crippen molar-refractivity contribution in [2.24, 2.45) is 0 Å². The summed E-state index contributed by atoms with van der Waals surface area (Å²) < 4.78 is 7.54. The summed E-state index contributed by atoms with van der Waals surface area (Å²) in [5, 5.41) is 0.579. The van der Waals surface area contributed by atoms with Gasteiger partial charge in [0.15, 0.2) is 5.05 Å². The molecule has 0 rings (SSSR count). The summed E-state index contributed by atoms with van der Waals surface area (Å²) >= 11 is 5.06. The van der Waals surface area contributed by atoms with E-state index in [9.17, 15) is 0 Å². The first-order chi connectivity index (χ1) is 6.29. The van der Waals surface area contributed by atoms with Crippen molar-refractivity contribution in [1.82, 2.24) is 4.57 Å². The number of rotatable bonds is 4. The van der Waals surface area contributed by atoms with Crippen molar-refractivity contribution >= 4 is 25.5 Å². The summed E-state index contributed by atoms with van der Waals surface area (Å²) in [4.78, 5) is 0. The van der Waals surface area contributed by atoms with Gasteiger partial charge in [-0.1, -0.05) is 19.6 Å². The van der Waals surface area contributed by atoms with Crippen molar-refractivity contribution in [2.75, 3.05) is 13.7 Å². The topological polar surface area (TPSA) is 12.5 Å². The lowest BCUT2D eigenvalue weighted by atomic mass is 10.4. The maximum absolute atomic E-state index is 5.22. The second kappa shape index (κ2) is 5.51. The lowest BCUT2D eigenvalue weighted by molar-refractivity contribution is 0.338. The molecule has 0 amide bonds. The second-order valence-electron chi connectivity index (χ2n) is 4.27. The molecule has 0 aromatic heterocycles. The number of ether oxygens (including phenoxy) is 1. The summed E-state index contributed by atoms with van der Waals surface area (Å²) in [6.45, 7) is 11.6. The Balaban J connectivity index is 4.45. The summed E-state index contributed by atoms with van der Waals surface area (Å²) in [7, 11) is 0.854. The van der Waals surface area contributed by atoms with Gasteiger partial charge in [-0.2, -0.15) is 0 Å². The second-order valence-corrected chi connectivity index (χ2v) is 9.68. The van der Waals surface area contributed by atoms with Crippen LogP contribution >= 0.6 is 12.2 Å². The lowest BCUT2D eigenvalue weighted by Crippen LogP contribution is -2.41. The molecule has 0 N–H and O–H groups in total. The standard InChI is InChI=1S/C10H21NOSSi/c1-7-12-10(13)8-9(2)11(3)14(4,5)6/h8H,7H2,1-6H3/b9-8-. The SMILES string of the molecule is CCOC(=S)/C=C(/C)N(C)[Si](C)(C)C. The molecule has 0 aliphatic carbocycles. The minimum atomic E-state index is -1.26. The van der Waals surface area contributed by atoms with Gasteiger partial charge in [-0.05, 0) is 33.1 Å². The molecule has 14 heavy (non-hydrogen) atoms. The first kappa shape index (κ1) is 13.6. The van der Waals surface area contributed by atoms with E-state index < -0.39 is 8.24 Å². The average Bonchev–Trinajstić information content (AvgIpc) is 2.01. The maximum atomic E-state index is 5.22. The third kappa shape index (κ3) is 4.76. The predicted octanol–water partition coefficient (Wildman–Crippen LogP) is 3.02. The third-order valence-electron chi connectivity index (χ3n) is 2.15. The molecule has 0 bridgehead atoms. The zero-order chi connectivity index (χ0) is 11.4. The van der Waals surface area contributed by atoms with Crippen molar-refractivity contribution in [3.05, 3.63) is 11.8 Å². The summed E-state index contributed by atoms with van der Waals surface area (Å²) in [6.07, 6.45) is 1.93. The van der Waals surface area contributed by atoms with E-state index in [1.807, 2.05) is 13.0 Å². The molecule has 0 aromatic rings. The van der Waals surface area contributed by atoms with Gasteiger partial charge in [0, 0.05) is 11.8 Å². The molecule has 0 aliphatic heterocycles. The molecule has 4 heteroatoms. The first-order valence-corrected chi connectivity index (χ1v) is 8.73. The van der Waals surface area contributed by atoms with Crippen molar-refractivity contribution in [2.45, 2.75) is 33.5 Å². The number of allylic oxidation sites excluding steroid dienone is 1. The van der Waals surface area contributed by atoms with Crippen molar-refractivity contribution < 1.29 is 4.74 Å². The van der Waals surface area contributed by atoms with Gasteiger partial charge < -0.3 is 9.30 Å². The average molecular weight is 231 g/mol. The van der Waals surface area contributed by atoms with E-state index in [1.165, 1.54) is 5.70 Å². The fourth-order valence-corrected chi connectivity index (χ4v) is 2.39. The van der Waals surface area contributed by atoms with Crippen LogP contribution in [0.25, 0.3) is 0 Å². The van der Waals surface area contributed by atoms with E-state index in [2.05, 4.69) is 38.2 Å². The highest BCUT2D eigenvalue weighted by molar-refractivity contribution is 7.80. The molecule has 2 nitrogen and oxygen atoms in total. The van der Waals surface area contributed by atoms with Crippen LogP contribution in [0.5, 0.6) is 0 Å². The zero-order valence-corrected chi connectivity index (χ0v) is 11.9. The van der Waals surface area contributed by atoms with Gasteiger partial charge in [-0.25, -0.2) is 0 Å². The van der Waals surface area contributed by atoms with Gasteiger partial charge in [0.25, 0.3) is 0 Å². The smallest absolute Gasteiger partial charge is 0.185 e. The van der Waals surface area contributed by atoms with Crippen molar-refractivity contribution in [3.8, 4) is 0 Å². The van der Waals surface area contributed by atoms with Crippen LogP contribution in [0, 0.1) is 0 Å². The highest BCUT2D eigenvalue weighted by atomic mass is 32.1. The van der Waals surface area contributed by atoms with E-state index in [1.54, 1.807) is 0 Å². The van der Waals surface area contributed by atoms with E-state index in [0.717, 1.165) is 0 Å². The van der Waals surface area contributed by atoms with Gasteiger partial charge in [0.05, 0.1) is 6.61 Å². The largest absolute Gasteiger partial charge is 0.484 e. The maximum Gasteiger partial charge on any atom is 0.185 e. The van der Waals surface area contributed by atoms with Crippen LogP contribution in [0.15, 0.2) is 11.8 Å². The van der Waals surface area contributed by atoms with E-state index in [4.69, 9.17) is 17.0 Å². The van der Waals surface area contributed by atoms with E-state index in [-0.39, 0.29) is 0 Å². The Morgan fingerprint density at radius 2 is 1.93 bits per heavy atom. The Labute approximate surface area is 94.0 Å². The van der Waals surface area contributed by atoms with Gasteiger partial charge in [-0.15, -0.1) is 0 Å². The molecule has 0 fully saturated rings. The normalized spacial score (nSPS) is 12.6. The zero-order valence-electron chi connectivity index (χ0n) is 10.0. The summed E-state index contributed by atoms with van der Waals surface area (Å²) in [5.41, 5.74) is 1.18. The van der Waals surface area contributed by atoms with Gasteiger partial charge >= 0.3 is 0 Å². The highest BCUT2D eigenvalue weighted by Crippen LogP contribution is 2.13. The van der Waals surface area contributed by atoms with Gasteiger partial charge in [0.1, 0.15) is 8.24 Å². The minimum Gasteiger partial charge on any atom is -0.484 e. The Kier molecular flexibility index (Phi) is 5.37. The fourth-order valence-electron chi connectivity index (χ4n) is 0.980. The van der Waals surface area contributed by atoms with Crippen LogP contribution in [0.4, 0.5) is 0 Å². The molecular formula is C10H21NOSSi. The molecule has 0 unspecified atom stereocenters. The van der Waals surface area contributed by atoms with Gasteiger partial charge in [-0.3, -0.25) is 0 Å². The minimum absolute atomic E-state index is 0.579. The van der Waals surface area contributed by atoms with Crippen LogP contribution in [0.2, 0.25) is 19.6 Å². The Morgan fingerprint density at radius 1 is 1.43 bits per heavy atom. The van der Waals surface area contributed by atoms with E-state index >= 15 is 0 Å². The molecule has 0 saturated heterocycles. The molecule has 0 atom stereocenters. The van der Waals surface area contributed by atoms with Crippen molar-refractivity contribution in [3.63, 3.8) is 0 Å². The summed E-state index contributed by atoms with van der Waals surface area (Å²) in [6, 6.07) is 0. The Hall–Kier alpha value is -0.353. The number of nitrogens with zero attached hydrogens (tertiary/aromatic N) is 1. The molecule has 0 aromatic carbocycles. The number of hydrogen-bond donors (Lipinski definition) is 0. The molecule has 0 radical (unpaired) electrons. The molecule has 0 saturated carbocycles. The summed E-state index contributed by atoms with van der Waals surface area (Å²) in [5.74, 6) is 0. The van der Waals surface area contributed by atoms with Crippen LogP contribution in [-0.4, -0.2) is 31.5 Å². The lowest BCUT2D eigenvalue weighted by Gasteiger charge is -2.32. The highest BCUT2D eigenvalue weighted by Gasteiger charge is 2.20. The van der Waals surface area contributed by atoms with Crippen LogP contribution < -0.4 is 0 Å². The van der Waals surface area contributed by atoms with Crippen molar-refractivity contribution in [1.29, 1.82) is 0 Å². The van der Waals surface area contributed by atoms with Crippen LogP contribution in [0.3, 0.4) is 0 Å². The van der Waals surface area contributed by atoms with Crippen LogP contribution in [-0.2, 0) is 4.74 Å². The van der Waals surface area contributed by atoms with Crippen LogP contribution in [0.1, 0.15) is 13.8 Å². The number of hydrogen-bond acceptors (Lipinski definition) is 3. The molecule has 0 spiro atoms. The first-order valence-electron chi connectivity index (χ1n) is 4.88. The molecular weight excluding hydrogens is 210 g/mol. The predicted molar refractivity (Wildman–Crippen MR) is 69.1 cm³/mol. The fraction of sp³-hybridized carbons (Fsp3) is 0.700. The number of thiocarbonyl (C=S) groups is 1. The third-order valence-corrected chi connectivity index (χ3v) is 4.75. The van der Waals surface area contributed by atoms with E-state index in [0.29, 0.717) is 11.7 Å². The van der Waals surface area contributed by atoms with Gasteiger partial charge in [0.2, 0.25) is 0 Å². The monoisotopic (exact) mass is 231 g/mol. The quantitative estimate of drug-likeness (QED) is 0.419.